The zero-order valence-corrected chi connectivity index (χ0v) is 28.4. The minimum atomic E-state index is -4.18. The van der Waals surface area contributed by atoms with E-state index in [9.17, 15) is 18.3 Å². The SMILES string of the molecule is Cc1cccc(C)c1-c1cc2nc(n1)NS(=O)(=O)c1cccc(c1)C(=O)N(Cc1cc(C(C)(C)O)n(C)n1)[C@H](CC(C)(C)C)CO2. The summed E-state index contributed by atoms with van der Waals surface area (Å²) in [5, 5.41) is 15.3. The van der Waals surface area contributed by atoms with Crippen molar-refractivity contribution in [2.75, 3.05) is 11.3 Å². The van der Waals surface area contributed by atoms with Crippen molar-refractivity contribution < 1.29 is 23.1 Å². The van der Waals surface area contributed by atoms with Crippen LogP contribution in [0.4, 0.5) is 5.95 Å². The summed E-state index contributed by atoms with van der Waals surface area (Å²) in [6, 6.07) is 14.8. The number of fused-ring (bicyclic) bond motifs is 4. The number of nitrogens with zero attached hydrogens (tertiary/aromatic N) is 5. The smallest absolute Gasteiger partial charge is 0.264 e. The lowest BCUT2D eigenvalue weighted by molar-refractivity contribution is 0.0509. The van der Waals surface area contributed by atoms with E-state index >= 15 is 0 Å². The van der Waals surface area contributed by atoms with E-state index in [0.29, 0.717) is 23.5 Å². The van der Waals surface area contributed by atoms with E-state index in [4.69, 9.17) is 4.74 Å². The van der Waals surface area contributed by atoms with Crippen LogP contribution in [0.2, 0.25) is 0 Å². The van der Waals surface area contributed by atoms with Gasteiger partial charge in [-0.05, 0) is 74.9 Å². The lowest BCUT2D eigenvalue weighted by atomic mass is 9.87. The Morgan fingerprint density at radius 1 is 1.00 bits per heavy atom. The Labute approximate surface area is 270 Å². The summed E-state index contributed by atoms with van der Waals surface area (Å²) < 4.78 is 37.7. The Kier molecular flexibility index (Phi) is 8.73. The molecule has 2 aromatic carbocycles. The quantitative estimate of drug-likeness (QED) is 0.295. The minimum Gasteiger partial charge on any atom is -0.475 e. The minimum absolute atomic E-state index is 0.0727. The molecule has 0 saturated heterocycles. The topological polar surface area (TPSA) is 140 Å². The second kappa shape index (κ2) is 12.1. The molecule has 1 amide bonds. The zero-order valence-electron chi connectivity index (χ0n) is 27.6. The van der Waals surface area contributed by atoms with Crippen LogP contribution in [0.15, 0.2) is 59.5 Å². The number of sulfonamides is 1. The highest BCUT2D eigenvalue weighted by atomic mass is 32.2. The Morgan fingerprint density at radius 3 is 2.30 bits per heavy atom. The lowest BCUT2D eigenvalue weighted by Gasteiger charge is -2.35. The van der Waals surface area contributed by atoms with Gasteiger partial charge in [0, 0.05) is 24.2 Å². The first-order valence-corrected chi connectivity index (χ1v) is 16.7. The van der Waals surface area contributed by atoms with Crippen LogP contribution in [0.3, 0.4) is 0 Å². The van der Waals surface area contributed by atoms with Crippen LogP contribution < -0.4 is 9.46 Å². The van der Waals surface area contributed by atoms with E-state index < -0.39 is 21.7 Å². The van der Waals surface area contributed by atoms with Crippen molar-refractivity contribution in [3.8, 4) is 17.1 Å². The van der Waals surface area contributed by atoms with Crippen LogP contribution in [0.1, 0.15) is 73.9 Å². The maximum atomic E-state index is 14.4. The first-order chi connectivity index (χ1) is 21.4. The molecule has 0 fully saturated rings. The summed E-state index contributed by atoms with van der Waals surface area (Å²) in [7, 11) is -2.44. The molecule has 0 aliphatic carbocycles. The van der Waals surface area contributed by atoms with Crippen LogP contribution in [-0.2, 0) is 29.2 Å². The number of benzene rings is 2. The van der Waals surface area contributed by atoms with E-state index in [2.05, 4.69) is 40.6 Å². The molecule has 5 rings (SSSR count). The van der Waals surface area contributed by atoms with Gasteiger partial charge in [-0.15, -0.1) is 0 Å². The number of hydrogen-bond donors (Lipinski definition) is 2. The van der Waals surface area contributed by atoms with E-state index in [1.165, 1.54) is 12.1 Å². The summed E-state index contributed by atoms with van der Waals surface area (Å²) in [6.45, 7) is 13.7. The van der Waals surface area contributed by atoms with E-state index in [1.54, 1.807) is 54.7 Å². The maximum absolute atomic E-state index is 14.4. The number of aryl methyl sites for hydroxylation is 3. The number of anilines is 1. The Hall–Kier alpha value is -4.29. The van der Waals surface area contributed by atoms with Crippen molar-refractivity contribution in [1.82, 2.24) is 24.6 Å². The zero-order chi connectivity index (χ0) is 33.6. The average Bonchev–Trinajstić information content (AvgIpc) is 3.33. The van der Waals surface area contributed by atoms with Crippen LogP contribution >= 0.6 is 0 Å². The predicted octanol–water partition coefficient (Wildman–Crippen LogP) is 5.36. The second-order valence-electron chi connectivity index (χ2n) is 13.7. The summed E-state index contributed by atoms with van der Waals surface area (Å²) in [6.07, 6.45) is 0.557. The van der Waals surface area contributed by atoms with Crippen molar-refractivity contribution in [3.05, 3.63) is 82.7 Å². The summed E-state index contributed by atoms with van der Waals surface area (Å²) in [5.41, 5.74) is 3.29. The molecule has 1 aliphatic rings. The second-order valence-corrected chi connectivity index (χ2v) is 15.4. The van der Waals surface area contributed by atoms with Crippen LogP contribution in [-0.4, -0.2) is 56.7 Å². The van der Waals surface area contributed by atoms with Crippen LogP contribution in [0.5, 0.6) is 5.88 Å². The van der Waals surface area contributed by atoms with Gasteiger partial charge in [-0.3, -0.25) is 9.48 Å². The van der Waals surface area contributed by atoms with Gasteiger partial charge in [0.2, 0.25) is 11.8 Å². The highest BCUT2D eigenvalue weighted by Gasteiger charge is 2.33. The van der Waals surface area contributed by atoms with Gasteiger partial charge in [0.1, 0.15) is 12.2 Å². The maximum Gasteiger partial charge on any atom is 0.264 e. The number of nitrogens with one attached hydrogen (secondary N) is 1. The van der Waals surface area contributed by atoms with Gasteiger partial charge < -0.3 is 14.7 Å². The lowest BCUT2D eigenvalue weighted by Crippen LogP contribution is -2.45. The number of hydrogen-bond acceptors (Lipinski definition) is 8. The number of ether oxygens (including phenoxy) is 1. The van der Waals surface area contributed by atoms with Gasteiger partial charge in [-0.1, -0.05) is 45.0 Å². The molecule has 2 N–H and O–H groups in total. The summed E-state index contributed by atoms with van der Waals surface area (Å²) in [4.78, 5) is 25.0. The highest BCUT2D eigenvalue weighted by Crippen LogP contribution is 2.32. The Bertz CT molecular complexity index is 1870. The number of amides is 1. The first kappa shape index (κ1) is 33.1. The molecule has 0 spiro atoms. The van der Waals surface area contributed by atoms with E-state index in [-0.39, 0.29) is 46.8 Å². The monoisotopic (exact) mass is 646 g/mol. The number of aliphatic hydroxyl groups is 1. The Morgan fingerprint density at radius 2 is 1.67 bits per heavy atom. The first-order valence-electron chi connectivity index (χ1n) is 15.2. The molecule has 2 aromatic heterocycles. The van der Waals surface area contributed by atoms with Crippen molar-refractivity contribution in [1.29, 1.82) is 0 Å². The summed E-state index contributed by atoms with van der Waals surface area (Å²) in [5.74, 6) is -0.341. The van der Waals surface area contributed by atoms with Gasteiger partial charge in [0.05, 0.1) is 34.6 Å². The molecule has 244 valence electrons. The van der Waals surface area contributed by atoms with Gasteiger partial charge in [0.25, 0.3) is 15.9 Å². The molecular weight excluding hydrogens is 604 g/mol. The number of carbonyl (C=O) groups excluding carboxylic acids is 1. The molecule has 0 unspecified atom stereocenters. The molecule has 46 heavy (non-hydrogen) atoms. The van der Waals surface area contributed by atoms with Crippen LogP contribution in [0, 0.1) is 19.3 Å². The molecule has 0 radical (unpaired) electrons. The molecule has 11 nitrogen and oxygen atoms in total. The molecule has 1 aliphatic heterocycles. The fourth-order valence-corrected chi connectivity index (χ4v) is 6.89. The van der Waals surface area contributed by atoms with Crippen molar-refractivity contribution in [2.45, 2.75) is 78.0 Å². The van der Waals surface area contributed by atoms with Crippen molar-refractivity contribution >= 4 is 21.9 Å². The average molecular weight is 647 g/mol. The van der Waals surface area contributed by atoms with Crippen LogP contribution in [0.25, 0.3) is 11.3 Å². The van der Waals surface area contributed by atoms with E-state index in [0.717, 1.165) is 16.7 Å². The molecule has 1 atom stereocenters. The molecule has 12 heteroatoms. The normalized spacial score (nSPS) is 16.9. The number of rotatable bonds is 5. The van der Waals surface area contributed by atoms with Gasteiger partial charge in [-0.2, -0.15) is 10.1 Å². The van der Waals surface area contributed by atoms with Crippen molar-refractivity contribution in [3.63, 3.8) is 0 Å². The van der Waals surface area contributed by atoms with Crippen molar-refractivity contribution in [2.24, 2.45) is 12.5 Å². The van der Waals surface area contributed by atoms with Gasteiger partial charge in [-0.25, -0.2) is 18.1 Å². The molecule has 4 aromatic rings. The van der Waals surface area contributed by atoms with E-state index in [1.807, 2.05) is 32.0 Å². The largest absolute Gasteiger partial charge is 0.475 e. The Balaban J connectivity index is 1.68. The molecule has 4 bridgehead atoms. The third-order valence-electron chi connectivity index (χ3n) is 7.92. The summed E-state index contributed by atoms with van der Waals surface area (Å²) >= 11 is 0. The predicted molar refractivity (Wildman–Crippen MR) is 176 cm³/mol. The van der Waals surface area contributed by atoms with Gasteiger partial charge >= 0.3 is 0 Å². The van der Waals surface area contributed by atoms with Gasteiger partial charge in [0.15, 0.2) is 0 Å². The third-order valence-corrected chi connectivity index (χ3v) is 9.25. The standard InChI is InChI=1S/C34H42N6O5S/c1-21-11-9-12-22(2)30(21)27-17-29-36-32(35-27)38-46(43,44)26-14-10-13-23(15-26)31(41)40(25(20-45-29)18-33(3,4)5)19-24-16-28(34(6,7)42)39(8)37-24/h9-17,25,42H,18-20H2,1-8H3,(H,35,36,38)/t25-/m1/s1. The third kappa shape index (κ3) is 7.23. The fraction of sp³-hybridized carbons (Fsp3) is 0.412. The number of aromatic nitrogens is 4. The molecule has 0 saturated carbocycles. The molecule has 3 heterocycles. The highest BCUT2D eigenvalue weighted by molar-refractivity contribution is 7.92. The number of carbonyl (C=O) groups is 1. The molecular formula is C34H42N6O5S. The fourth-order valence-electron chi connectivity index (χ4n) is 5.90.